The third kappa shape index (κ3) is 2.15. The SMILES string of the molecule is CC(=O)C1=CN2CCc3c([nH]c4cc(Cl)ccc34)[C@@H]2[C@@H]2[C@@H](C)[C@@H](O)C[C@H]12. The Balaban J connectivity index is 1.70. The van der Waals surface area contributed by atoms with Gasteiger partial charge in [0, 0.05) is 39.9 Å². The predicted molar refractivity (Wildman–Crippen MR) is 102 cm³/mol. The van der Waals surface area contributed by atoms with Crippen molar-refractivity contribution in [3.8, 4) is 0 Å². The van der Waals surface area contributed by atoms with Crippen LogP contribution in [-0.2, 0) is 11.2 Å². The van der Waals surface area contributed by atoms with Crippen molar-refractivity contribution >= 4 is 28.3 Å². The summed E-state index contributed by atoms with van der Waals surface area (Å²) in [4.78, 5) is 18.2. The summed E-state index contributed by atoms with van der Waals surface area (Å²) in [6.45, 7) is 4.68. The van der Waals surface area contributed by atoms with Gasteiger partial charge in [-0.1, -0.05) is 24.6 Å². The van der Waals surface area contributed by atoms with E-state index in [1.54, 1.807) is 6.92 Å². The van der Waals surface area contributed by atoms with Gasteiger partial charge in [0.25, 0.3) is 0 Å². The molecule has 3 heterocycles. The molecule has 1 fully saturated rings. The van der Waals surface area contributed by atoms with Crippen molar-refractivity contribution in [3.63, 3.8) is 0 Å². The zero-order valence-electron chi connectivity index (χ0n) is 15.0. The Morgan fingerprint density at radius 2 is 2.19 bits per heavy atom. The Morgan fingerprint density at radius 1 is 1.38 bits per heavy atom. The average Bonchev–Trinajstić information content (AvgIpc) is 3.11. The van der Waals surface area contributed by atoms with Crippen molar-refractivity contribution < 1.29 is 9.90 Å². The van der Waals surface area contributed by atoms with Crippen molar-refractivity contribution in [2.24, 2.45) is 17.8 Å². The number of fused-ring (bicyclic) bond motifs is 7. The summed E-state index contributed by atoms with van der Waals surface area (Å²) in [7, 11) is 0. The van der Waals surface area contributed by atoms with Gasteiger partial charge in [0.05, 0.1) is 12.1 Å². The number of aromatic nitrogens is 1. The first-order chi connectivity index (χ1) is 12.5. The van der Waals surface area contributed by atoms with Gasteiger partial charge in [-0.2, -0.15) is 0 Å². The summed E-state index contributed by atoms with van der Waals surface area (Å²) >= 11 is 6.19. The molecule has 5 rings (SSSR count). The molecule has 2 aliphatic heterocycles. The van der Waals surface area contributed by atoms with Crippen LogP contribution in [0.3, 0.4) is 0 Å². The lowest BCUT2D eigenvalue weighted by molar-refractivity contribution is -0.114. The molecule has 1 saturated carbocycles. The number of rotatable bonds is 1. The number of hydrogen-bond donors (Lipinski definition) is 2. The Hall–Kier alpha value is -1.78. The molecule has 0 radical (unpaired) electrons. The molecule has 5 heteroatoms. The molecule has 2 aromatic rings. The van der Waals surface area contributed by atoms with E-state index < -0.39 is 0 Å². The fourth-order valence-electron chi connectivity index (χ4n) is 5.60. The van der Waals surface area contributed by atoms with Gasteiger partial charge in [0.15, 0.2) is 5.78 Å². The Bertz CT molecular complexity index is 947. The highest BCUT2D eigenvalue weighted by molar-refractivity contribution is 6.31. The molecule has 0 unspecified atom stereocenters. The molecular weight excluding hydrogens is 348 g/mol. The number of nitrogens with one attached hydrogen (secondary N) is 1. The van der Waals surface area contributed by atoms with Crippen LogP contribution in [0.1, 0.15) is 37.6 Å². The van der Waals surface area contributed by atoms with Gasteiger partial charge in [-0.05, 0) is 55.2 Å². The van der Waals surface area contributed by atoms with E-state index in [1.807, 2.05) is 12.1 Å². The second kappa shape index (κ2) is 5.61. The van der Waals surface area contributed by atoms with Crippen molar-refractivity contribution in [1.82, 2.24) is 9.88 Å². The van der Waals surface area contributed by atoms with Crippen LogP contribution in [0, 0.1) is 17.8 Å². The molecule has 0 amide bonds. The highest BCUT2D eigenvalue weighted by Crippen LogP contribution is 2.54. The molecular formula is C21H23ClN2O2. The van der Waals surface area contributed by atoms with Gasteiger partial charge < -0.3 is 15.0 Å². The van der Waals surface area contributed by atoms with Gasteiger partial charge in [-0.15, -0.1) is 0 Å². The fourth-order valence-corrected chi connectivity index (χ4v) is 5.77. The van der Waals surface area contributed by atoms with Crippen molar-refractivity contribution in [1.29, 1.82) is 0 Å². The molecule has 2 N–H and O–H groups in total. The first-order valence-electron chi connectivity index (χ1n) is 9.42. The number of aromatic amines is 1. The maximum atomic E-state index is 12.3. The van der Waals surface area contributed by atoms with E-state index in [0.717, 1.165) is 29.1 Å². The van der Waals surface area contributed by atoms with E-state index in [1.165, 1.54) is 16.6 Å². The largest absolute Gasteiger partial charge is 0.393 e. The summed E-state index contributed by atoms with van der Waals surface area (Å²) in [6.07, 6.45) is 3.35. The van der Waals surface area contributed by atoms with Crippen LogP contribution >= 0.6 is 11.6 Å². The molecule has 0 saturated heterocycles. The highest BCUT2D eigenvalue weighted by atomic mass is 35.5. The lowest BCUT2D eigenvalue weighted by Crippen LogP contribution is -2.44. The summed E-state index contributed by atoms with van der Waals surface area (Å²) in [5.41, 5.74) is 4.57. The van der Waals surface area contributed by atoms with Crippen LogP contribution in [0.5, 0.6) is 0 Å². The second-order valence-electron chi connectivity index (χ2n) is 8.13. The minimum atomic E-state index is -0.350. The van der Waals surface area contributed by atoms with Crippen molar-refractivity contribution in [3.05, 3.63) is 46.3 Å². The third-order valence-electron chi connectivity index (χ3n) is 6.82. The molecule has 4 nitrogen and oxygen atoms in total. The zero-order chi connectivity index (χ0) is 18.2. The van der Waals surface area contributed by atoms with Crippen molar-refractivity contribution in [2.45, 2.75) is 38.8 Å². The Morgan fingerprint density at radius 3 is 2.96 bits per heavy atom. The number of hydrogen-bond acceptors (Lipinski definition) is 3. The normalized spacial score (nSPS) is 32.8. The summed E-state index contributed by atoms with van der Waals surface area (Å²) in [5.74, 6) is 0.682. The number of nitrogens with zero attached hydrogens (tertiary/aromatic N) is 1. The average molecular weight is 371 g/mol. The van der Waals surface area contributed by atoms with Crippen LogP contribution in [0.25, 0.3) is 10.9 Å². The van der Waals surface area contributed by atoms with Crippen LogP contribution in [0.15, 0.2) is 30.0 Å². The van der Waals surface area contributed by atoms with Gasteiger partial charge in [0.1, 0.15) is 0 Å². The van der Waals surface area contributed by atoms with E-state index in [-0.39, 0.29) is 35.7 Å². The van der Waals surface area contributed by atoms with E-state index in [9.17, 15) is 9.90 Å². The summed E-state index contributed by atoms with van der Waals surface area (Å²) in [5, 5.41) is 12.5. The number of carbonyl (C=O) groups is 1. The minimum absolute atomic E-state index is 0.133. The van der Waals surface area contributed by atoms with Gasteiger partial charge in [0.2, 0.25) is 0 Å². The first kappa shape index (κ1) is 16.4. The summed E-state index contributed by atoms with van der Waals surface area (Å²) < 4.78 is 0. The maximum absolute atomic E-state index is 12.3. The lowest BCUT2D eigenvalue weighted by atomic mass is 9.73. The van der Waals surface area contributed by atoms with Crippen LogP contribution < -0.4 is 0 Å². The number of Topliss-reactive ketones (excluding diaryl/α,β-unsaturated/α-hetero) is 1. The van der Waals surface area contributed by atoms with Gasteiger partial charge in [-0.25, -0.2) is 0 Å². The van der Waals surface area contributed by atoms with Gasteiger partial charge >= 0.3 is 0 Å². The number of H-pyrrole nitrogens is 1. The third-order valence-corrected chi connectivity index (χ3v) is 7.06. The lowest BCUT2D eigenvalue weighted by Gasteiger charge is -2.46. The monoisotopic (exact) mass is 370 g/mol. The second-order valence-corrected chi connectivity index (χ2v) is 8.56. The molecule has 1 aromatic carbocycles. The number of halogens is 1. The molecule has 1 aromatic heterocycles. The molecule has 26 heavy (non-hydrogen) atoms. The predicted octanol–water partition coefficient (Wildman–Crippen LogP) is 3.84. The number of aliphatic hydroxyl groups excluding tert-OH is 1. The fraction of sp³-hybridized carbons (Fsp3) is 0.476. The van der Waals surface area contributed by atoms with E-state index in [2.05, 4.69) is 29.1 Å². The Labute approximate surface area is 157 Å². The number of ketones is 1. The van der Waals surface area contributed by atoms with Gasteiger partial charge in [-0.3, -0.25) is 4.79 Å². The minimum Gasteiger partial charge on any atom is -0.393 e. The first-order valence-corrected chi connectivity index (χ1v) is 9.80. The van der Waals surface area contributed by atoms with E-state index in [4.69, 9.17) is 11.6 Å². The standard InChI is InChI=1S/C21H23ClN2O2/c1-10-18(26)8-15-16(11(2)25)9-24-6-5-14-13-4-3-12(22)7-17(13)23-20(14)21(24)19(10)15/h3-4,7,9-10,15,18-19,21,23,26H,5-6,8H2,1-2H3/t10-,15+,18-,19+,21-/m0/s1. The number of carbonyl (C=O) groups excluding carboxylic acids is 1. The molecule has 0 bridgehead atoms. The molecule has 3 aliphatic rings. The van der Waals surface area contributed by atoms with Crippen LogP contribution in [0.4, 0.5) is 0 Å². The Kier molecular flexibility index (Phi) is 3.54. The smallest absolute Gasteiger partial charge is 0.157 e. The molecule has 136 valence electrons. The number of benzene rings is 1. The highest BCUT2D eigenvalue weighted by Gasteiger charge is 2.52. The maximum Gasteiger partial charge on any atom is 0.157 e. The number of aliphatic hydroxyl groups is 1. The molecule has 1 aliphatic carbocycles. The number of allylic oxidation sites excluding steroid dienone is 1. The molecule has 5 atom stereocenters. The quantitative estimate of drug-likeness (QED) is 0.801. The zero-order valence-corrected chi connectivity index (χ0v) is 15.8. The van der Waals surface area contributed by atoms with E-state index >= 15 is 0 Å². The van der Waals surface area contributed by atoms with Crippen LogP contribution in [0.2, 0.25) is 5.02 Å². The van der Waals surface area contributed by atoms with Crippen LogP contribution in [-0.4, -0.2) is 33.4 Å². The van der Waals surface area contributed by atoms with E-state index in [0.29, 0.717) is 6.42 Å². The topological polar surface area (TPSA) is 56.3 Å². The molecule has 0 spiro atoms. The summed E-state index contributed by atoms with van der Waals surface area (Å²) in [6, 6.07) is 6.23. The van der Waals surface area contributed by atoms with Crippen molar-refractivity contribution in [2.75, 3.05) is 6.54 Å².